The van der Waals surface area contributed by atoms with Gasteiger partial charge in [-0.2, -0.15) is 13.2 Å². The van der Waals surface area contributed by atoms with Crippen LogP contribution in [0.5, 0.6) is 0 Å². The number of rotatable bonds is 2. The monoisotopic (exact) mass is 305 g/mol. The van der Waals surface area contributed by atoms with E-state index >= 15 is 0 Å². The number of hydrogen-bond donors (Lipinski definition) is 2. The molecule has 1 aromatic rings. The number of anilines is 1. The molecular weight excluding hydrogens is 291 g/mol. The molecule has 0 bridgehead atoms. The Labute approximate surface area is 118 Å². The van der Waals surface area contributed by atoms with Crippen molar-refractivity contribution in [2.24, 2.45) is 5.73 Å². The number of carbonyl (C=O) groups excluding carboxylic acids is 1. The van der Waals surface area contributed by atoms with E-state index in [4.69, 9.17) is 5.73 Å². The minimum atomic E-state index is -4.34. The number of likely N-dealkylation sites (tertiary alicyclic amines) is 1. The van der Waals surface area contributed by atoms with E-state index in [0.717, 1.165) is 6.42 Å². The van der Waals surface area contributed by atoms with Crippen LogP contribution in [0.1, 0.15) is 6.42 Å². The van der Waals surface area contributed by atoms with Crippen LogP contribution >= 0.6 is 11.8 Å². The minimum absolute atomic E-state index is 0.0344. The first-order chi connectivity index (χ1) is 9.33. The van der Waals surface area contributed by atoms with E-state index in [-0.39, 0.29) is 28.7 Å². The van der Waals surface area contributed by atoms with E-state index in [0.29, 0.717) is 18.8 Å². The van der Waals surface area contributed by atoms with Crippen LogP contribution in [0.25, 0.3) is 0 Å². The maximum absolute atomic E-state index is 12.3. The summed E-state index contributed by atoms with van der Waals surface area (Å²) < 4.78 is 36.8. The first kappa shape index (κ1) is 15.0. The molecular formula is C12H14F3N3OS. The highest BCUT2D eigenvalue weighted by molar-refractivity contribution is 8.00. The van der Waals surface area contributed by atoms with Crippen LogP contribution in [-0.4, -0.2) is 35.6 Å². The third kappa shape index (κ3) is 4.31. The summed E-state index contributed by atoms with van der Waals surface area (Å²) >= 11 is -0.210. The molecule has 2 rings (SSSR count). The Kier molecular flexibility index (Phi) is 4.44. The normalized spacial score (nSPS) is 19.2. The van der Waals surface area contributed by atoms with Gasteiger partial charge in [0.25, 0.3) is 0 Å². The summed E-state index contributed by atoms with van der Waals surface area (Å²) in [5, 5.41) is 2.58. The summed E-state index contributed by atoms with van der Waals surface area (Å²) in [6.45, 7) is 1.02. The van der Waals surface area contributed by atoms with Gasteiger partial charge in [0.2, 0.25) is 0 Å². The van der Waals surface area contributed by atoms with Crippen molar-refractivity contribution in [1.82, 2.24) is 4.90 Å². The second kappa shape index (κ2) is 5.92. The minimum Gasteiger partial charge on any atom is -0.326 e. The van der Waals surface area contributed by atoms with Gasteiger partial charge in [0.05, 0.1) is 0 Å². The number of nitrogens with one attached hydrogen (secondary N) is 1. The van der Waals surface area contributed by atoms with Gasteiger partial charge < -0.3 is 16.0 Å². The Morgan fingerprint density at radius 2 is 2.20 bits per heavy atom. The molecule has 1 aliphatic rings. The van der Waals surface area contributed by atoms with Gasteiger partial charge in [0.1, 0.15) is 0 Å². The van der Waals surface area contributed by atoms with Crippen molar-refractivity contribution in [3.63, 3.8) is 0 Å². The van der Waals surface area contributed by atoms with Gasteiger partial charge in [-0.15, -0.1) is 0 Å². The first-order valence-electron chi connectivity index (χ1n) is 6.01. The quantitative estimate of drug-likeness (QED) is 0.826. The predicted octanol–water partition coefficient (Wildman–Crippen LogP) is 2.86. The number of thioether (sulfide) groups is 1. The molecule has 1 heterocycles. The van der Waals surface area contributed by atoms with Crippen molar-refractivity contribution >= 4 is 23.5 Å². The van der Waals surface area contributed by atoms with E-state index < -0.39 is 5.51 Å². The number of benzene rings is 1. The standard InChI is InChI=1S/C12H14F3N3OS/c13-12(14,15)20-10-3-1-2-9(6-10)17-11(19)18-5-4-8(16)7-18/h1-3,6,8H,4-5,7,16H2,(H,17,19). The Morgan fingerprint density at radius 1 is 1.45 bits per heavy atom. The number of urea groups is 1. The van der Waals surface area contributed by atoms with Crippen LogP contribution in [0.3, 0.4) is 0 Å². The lowest BCUT2D eigenvalue weighted by atomic mass is 10.3. The van der Waals surface area contributed by atoms with Gasteiger partial charge in [-0.3, -0.25) is 0 Å². The van der Waals surface area contributed by atoms with Crippen LogP contribution in [0, 0.1) is 0 Å². The van der Waals surface area contributed by atoms with E-state index in [9.17, 15) is 18.0 Å². The lowest BCUT2D eigenvalue weighted by molar-refractivity contribution is -0.0328. The molecule has 1 unspecified atom stereocenters. The summed E-state index contributed by atoms with van der Waals surface area (Å²) in [6, 6.07) is 5.29. The highest BCUT2D eigenvalue weighted by Crippen LogP contribution is 2.37. The Balaban J connectivity index is 1.99. The van der Waals surface area contributed by atoms with Gasteiger partial charge in [-0.05, 0) is 36.4 Å². The fraction of sp³-hybridized carbons (Fsp3) is 0.417. The number of alkyl halides is 3. The maximum atomic E-state index is 12.3. The maximum Gasteiger partial charge on any atom is 0.446 e. The first-order valence-corrected chi connectivity index (χ1v) is 6.82. The topological polar surface area (TPSA) is 58.4 Å². The number of hydrogen-bond acceptors (Lipinski definition) is 3. The predicted molar refractivity (Wildman–Crippen MR) is 71.5 cm³/mol. The molecule has 0 aliphatic carbocycles. The summed E-state index contributed by atoms with van der Waals surface area (Å²) in [6.07, 6.45) is 0.734. The summed E-state index contributed by atoms with van der Waals surface area (Å²) in [5.74, 6) is 0. The number of carbonyl (C=O) groups is 1. The third-order valence-corrected chi connectivity index (χ3v) is 3.55. The molecule has 1 saturated heterocycles. The van der Waals surface area contributed by atoms with Gasteiger partial charge in [-0.1, -0.05) is 6.07 Å². The molecule has 1 aromatic carbocycles. The van der Waals surface area contributed by atoms with Gasteiger partial charge in [-0.25, -0.2) is 4.79 Å². The largest absolute Gasteiger partial charge is 0.446 e. The molecule has 0 radical (unpaired) electrons. The highest BCUT2D eigenvalue weighted by Gasteiger charge is 2.29. The van der Waals surface area contributed by atoms with E-state index in [1.165, 1.54) is 18.2 Å². The second-order valence-electron chi connectivity index (χ2n) is 4.50. The van der Waals surface area contributed by atoms with Crippen LogP contribution < -0.4 is 11.1 Å². The van der Waals surface area contributed by atoms with Crippen LogP contribution in [0.2, 0.25) is 0 Å². The molecule has 4 nitrogen and oxygen atoms in total. The van der Waals surface area contributed by atoms with Crippen molar-refractivity contribution in [3.05, 3.63) is 24.3 Å². The zero-order valence-electron chi connectivity index (χ0n) is 10.5. The van der Waals surface area contributed by atoms with E-state index in [1.54, 1.807) is 11.0 Å². The zero-order chi connectivity index (χ0) is 14.8. The summed E-state index contributed by atoms with van der Waals surface area (Å²) in [4.78, 5) is 13.5. The molecule has 0 aromatic heterocycles. The Hall–Kier alpha value is -1.41. The van der Waals surface area contributed by atoms with Gasteiger partial charge in [0.15, 0.2) is 0 Å². The number of amides is 2. The van der Waals surface area contributed by atoms with E-state index in [1.807, 2.05) is 0 Å². The number of halogens is 3. The van der Waals surface area contributed by atoms with Crippen molar-refractivity contribution in [2.45, 2.75) is 22.9 Å². The van der Waals surface area contributed by atoms with Gasteiger partial charge in [0, 0.05) is 29.7 Å². The smallest absolute Gasteiger partial charge is 0.326 e. The molecule has 8 heteroatoms. The second-order valence-corrected chi connectivity index (χ2v) is 5.64. The van der Waals surface area contributed by atoms with Crippen LogP contribution in [-0.2, 0) is 0 Å². The molecule has 0 saturated carbocycles. The number of nitrogens with two attached hydrogens (primary N) is 1. The third-order valence-electron chi connectivity index (χ3n) is 2.83. The lowest BCUT2D eigenvalue weighted by Gasteiger charge is -2.17. The van der Waals surface area contributed by atoms with Crippen molar-refractivity contribution < 1.29 is 18.0 Å². The average Bonchev–Trinajstić information content (AvgIpc) is 2.74. The van der Waals surface area contributed by atoms with Crippen molar-refractivity contribution in [3.8, 4) is 0 Å². The molecule has 1 atom stereocenters. The molecule has 110 valence electrons. The van der Waals surface area contributed by atoms with E-state index in [2.05, 4.69) is 5.32 Å². The molecule has 1 aliphatic heterocycles. The summed E-state index contributed by atoms with van der Waals surface area (Å²) in [7, 11) is 0. The average molecular weight is 305 g/mol. The van der Waals surface area contributed by atoms with Crippen LogP contribution in [0.15, 0.2) is 29.2 Å². The molecule has 3 N–H and O–H groups in total. The Bertz CT molecular complexity index is 495. The molecule has 0 spiro atoms. The number of nitrogens with zero attached hydrogens (tertiary/aromatic N) is 1. The Morgan fingerprint density at radius 3 is 2.80 bits per heavy atom. The fourth-order valence-electron chi connectivity index (χ4n) is 1.95. The fourth-order valence-corrected chi connectivity index (χ4v) is 2.55. The zero-order valence-corrected chi connectivity index (χ0v) is 11.3. The SMILES string of the molecule is NC1CCN(C(=O)Nc2cccc(SC(F)(F)F)c2)C1. The van der Waals surface area contributed by atoms with Crippen molar-refractivity contribution in [2.75, 3.05) is 18.4 Å². The van der Waals surface area contributed by atoms with Crippen molar-refractivity contribution in [1.29, 1.82) is 0 Å². The molecule has 1 fully saturated rings. The lowest BCUT2D eigenvalue weighted by Crippen LogP contribution is -2.35. The van der Waals surface area contributed by atoms with Gasteiger partial charge >= 0.3 is 11.5 Å². The van der Waals surface area contributed by atoms with Crippen LogP contribution in [0.4, 0.5) is 23.7 Å². The summed E-state index contributed by atoms with van der Waals surface area (Å²) in [5.41, 5.74) is 1.69. The highest BCUT2D eigenvalue weighted by atomic mass is 32.2. The molecule has 2 amide bonds. The molecule has 20 heavy (non-hydrogen) atoms.